The van der Waals surface area contributed by atoms with E-state index in [2.05, 4.69) is 19.3 Å². The summed E-state index contributed by atoms with van der Waals surface area (Å²) in [6, 6.07) is 5.30. The van der Waals surface area contributed by atoms with Gasteiger partial charge in [0.1, 0.15) is 1.41 Å². The average Bonchev–Trinajstić information content (AvgIpc) is 2.75. The number of hydrazine groups is 1. The van der Waals surface area contributed by atoms with Gasteiger partial charge in [-0.2, -0.15) is 0 Å². The van der Waals surface area contributed by atoms with Gasteiger partial charge < -0.3 is 4.74 Å². The van der Waals surface area contributed by atoms with Crippen LogP contribution >= 0.6 is 0 Å². The van der Waals surface area contributed by atoms with Crippen LogP contribution < -0.4 is 11.3 Å². The van der Waals surface area contributed by atoms with Gasteiger partial charge in [-0.1, -0.05) is 90.2 Å². The lowest BCUT2D eigenvalue weighted by atomic mass is 9.96. The van der Waals surface area contributed by atoms with Gasteiger partial charge in [-0.15, -0.1) is 0 Å². The molecule has 0 heterocycles. The minimum absolute atomic E-state index is 0.256. The quantitative estimate of drug-likeness (QED) is 0.114. The lowest BCUT2D eigenvalue weighted by Gasteiger charge is -2.14. The number of ether oxygens (including phenoxy) is 1. The van der Waals surface area contributed by atoms with Gasteiger partial charge in [0.2, 0.25) is 0 Å². The van der Waals surface area contributed by atoms with Gasteiger partial charge >= 0.3 is 5.97 Å². The molecule has 0 aliphatic heterocycles. The van der Waals surface area contributed by atoms with Gasteiger partial charge in [0.25, 0.3) is 5.91 Å². The molecule has 1 aromatic carbocycles. The zero-order valence-electron chi connectivity index (χ0n) is 19.4. The maximum Gasteiger partial charge on any atom is 0.339 e. The number of rotatable bonds is 17. The van der Waals surface area contributed by atoms with Crippen molar-refractivity contribution in [3.8, 4) is 0 Å². The summed E-state index contributed by atoms with van der Waals surface area (Å²) in [4.78, 5) is 25.2. The van der Waals surface area contributed by atoms with E-state index < -0.39 is 11.9 Å². The fourth-order valence-corrected chi connectivity index (χ4v) is 3.52. The van der Waals surface area contributed by atoms with Crippen LogP contribution in [0.25, 0.3) is 0 Å². The lowest BCUT2D eigenvalue weighted by Crippen LogP contribution is -2.32. The second-order valence-electron chi connectivity index (χ2n) is 7.72. The van der Waals surface area contributed by atoms with Crippen LogP contribution in [0.4, 0.5) is 0 Å². The van der Waals surface area contributed by atoms with Gasteiger partial charge in [-0.25, -0.2) is 10.6 Å². The molecule has 1 amide bonds. The van der Waals surface area contributed by atoms with Gasteiger partial charge in [0.15, 0.2) is 0 Å². The Morgan fingerprint density at radius 1 is 0.931 bits per heavy atom. The molecule has 0 saturated carbocycles. The number of hydrogen-bond donors (Lipinski definition) is 2. The highest BCUT2D eigenvalue weighted by molar-refractivity contribution is 6.06. The van der Waals surface area contributed by atoms with E-state index in [1.54, 1.807) is 12.1 Å². The Kier molecular flexibility index (Phi) is 12.9. The Bertz CT molecular complexity index is 622. The molecule has 0 aliphatic carbocycles. The predicted octanol–water partition coefficient (Wildman–Crippen LogP) is 5.71. The summed E-state index contributed by atoms with van der Waals surface area (Å²) >= 11 is 0. The normalized spacial score (nSPS) is 11.2. The molecule has 0 saturated heterocycles. The Morgan fingerprint density at radius 3 is 2.21 bits per heavy atom. The number of esters is 1. The maximum absolute atomic E-state index is 12.8. The molecule has 0 aromatic heterocycles. The fourth-order valence-electron chi connectivity index (χ4n) is 3.52. The van der Waals surface area contributed by atoms with Crippen molar-refractivity contribution < 1.29 is 15.7 Å². The molecule has 0 aliphatic rings. The molecule has 164 valence electrons. The number of carbonyl (C=O) groups is 2. The van der Waals surface area contributed by atoms with Crippen LogP contribution in [0.15, 0.2) is 18.2 Å². The van der Waals surface area contributed by atoms with E-state index >= 15 is 0 Å². The van der Waals surface area contributed by atoms with Crippen LogP contribution in [-0.4, -0.2) is 18.5 Å². The smallest absolute Gasteiger partial charge is 0.339 e. The van der Waals surface area contributed by atoms with Crippen molar-refractivity contribution >= 4 is 11.9 Å². The third kappa shape index (κ3) is 9.93. The molecule has 0 radical (unpaired) electrons. The Labute approximate surface area is 178 Å². The third-order valence-corrected chi connectivity index (χ3v) is 5.24. The highest BCUT2D eigenvalue weighted by atomic mass is 16.5. The summed E-state index contributed by atoms with van der Waals surface area (Å²) in [6.07, 6.45) is 14.4. The predicted molar refractivity (Wildman–Crippen MR) is 119 cm³/mol. The van der Waals surface area contributed by atoms with Crippen molar-refractivity contribution in [2.75, 3.05) is 6.61 Å². The molecule has 0 fully saturated rings. The summed E-state index contributed by atoms with van der Waals surface area (Å²) in [6.45, 7) is 4.76. The van der Waals surface area contributed by atoms with Crippen LogP contribution in [0.3, 0.4) is 0 Å². The highest BCUT2D eigenvalue weighted by Gasteiger charge is 2.21. The average molecular weight is 406 g/mol. The third-order valence-electron chi connectivity index (χ3n) is 5.24. The fraction of sp³-hybridized carbons (Fsp3) is 0.667. The standard InChI is InChI=1S/C24H40N2O3/c1-3-5-7-9-11-13-16-20-17-15-18-21(23(27)26-25)22(20)24(28)29-19-14-12-10-8-6-4-2/h15,17-18H,3-14,16,19,25H2,1-2H3,(H,26,27)/i/hD. The summed E-state index contributed by atoms with van der Waals surface area (Å²) < 4.78 is 12.5. The number of aryl methyl sites for hydroxylation is 1. The van der Waals surface area contributed by atoms with E-state index in [-0.39, 0.29) is 5.56 Å². The number of benzene rings is 1. The molecule has 29 heavy (non-hydrogen) atoms. The molecule has 0 unspecified atom stereocenters. The first kappa shape index (κ1) is 23.4. The Morgan fingerprint density at radius 2 is 1.55 bits per heavy atom. The summed E-state index contributed by atoms with van der Waals surface area (Å²) in [7, 11) is 0. The zero-order chi connectivity index (χ0) is 22.0. The summed E-state index contributed by atoms with van der Waals surface area (Å²) in [5.74, 6) is 0.955. The topological polar surface area (TPSA) is 81.4 Å². The second-order valence-corrected chi connectivity index (χ2v) is 7.72. The summed E-state index contributed by atoms with van der Waals surface area (Å²) in [5.41, 5.74) is 3.68. The number of amides is 1. The molecule has 0 bridgehead atoms. The molecular formula is C24H40N2O3. The van der Waals surface area contributed by atoms with Crippen LogP contribution in [0.2, 0.25) is 1.41 Å². The summed E-state index contributed by atoms with van der Waals surface area (Å²) in [5, 5.41) is 0. The number of nitrogen functional groups attached to an aromatic ring is 1. The van der Waals surface area contributed by atoms with Crippen LogP contribution in [0, 0.1) is 0 Å². The monoisotopic (exact) mass is 405 g/mol. The molecule has 3 N–H and O–H groups in total. The van der Waals surface area contributed by atoms with Crippen LogP contribution in [0.5, 0.6) is 0 Å². The van der Waals surface area contributed by atoms with E-state index in [1.807, 2.05) is 11.9 Å². The van der Waals surface area contributed by atoms with E-state index in [1.165, 1.54) is 44.9 Å². The largest absolute Gasteiger partial charge is 0.462 e. The van der Waals surface area contributed by atoms with E-state index in [4.69, 9.17) is 6.15 Å². The molecule has 5 nitrogen and oxygen atoms in total. The van der Waals surface area contributed by atoms with Crippen LogP contribution in [-0.2, 0) is 11.2 Å². The maximum atomic E-state index is 12.8. The van der Waals surface area contributed by atoms with Crippen molar-refractivity contribution in [3.05, 3.63) is 34.9 Å². The molecule has 0 spiro atoms. The lowest BCUT2D eigenvalue weighted by molar-refractivity contribution is 0.0493. The van der Waals surface area contributed by atoms with Gasteiger partial charge in [0, 0.05) is 0 Å². The first-order valence-corrected chi connectivity index (χ1v) is 11.4. The highest BCUT2D eigenvalue weighted by Crippen LogP contribution is 2.20. The molecular weight excluding hydrogens is 364 g/mol. The number of nitrogens with two attached hydrogens (primary N) is 1. The Balaban J connectivity index is 2.72. The van der Waals surface area contributed by atoms with Gasteiger partial charge in [0.05, 0.1) is 17.7 Å². The van der Waals surface area contributed by atoms with E-state index in [9.17, 15) is 9.59 Å². The molecule has 1 rings (SSSR count). The first-order chi connectivity index (χ1) is 14.7. The number of nitrogens with one attached hydrogen (secondary N) is 1. The zero-order valence-corrected chi connectivity index (χ0v) is 18.4. The van der Waals surface area contributed by atoms with Crippen LogP contribution in [0.1, 0.15) is 117 Å². The van der Waals surface area contributed by atoms with E-state index in [0.717, 1.165) is 44.1 Å². The number of carbonyl (C=O) groups excluding carboxylic acids is 2. The van der Waals surface area contributed by atoms with E-state index in [0.29, 0.717) is 12.2 Å². The molecule has 1 aromatic rings. The SMILES string of the molecule is [2H]NNC(=O)c1cccc(CCCCCCCC)c1C(=O)OCCCCCCCC. The Hall–Kier alpha value is -1.88. The van der Waals surface area contributed by atoms with Crippen molar-refractivity contribution in [3.63, 3.8) is 0 Å². The van der Waals surface area contributed by atoms with Crippen molar-refractivity contribution in [2.45, 2.75) is 97.3 Å². The van der Waals surface area contributed by atoms with Crippen molar-refractivity contribution in [2.24, 2.45) is 5.84 Å². The van der Waals surface area contributed by atoms with Crippen molar-refractivity contribution in [1.29, 1.82) is 0 Å². The number of hydrogen-bond acceptors (Lipinski definition) is 4. The second kappa shape index (κ2) is 16.0. The van der Waals surface area contributed by atoms with Gasteiger partial charge in [-0.05, 0) is 30.9 Å². The van der Waals surface area contributed by atoms with Gasteiger partial charge in [-0.3, -0.25) is 10.2 Å². The molecule has 5 heteroatoms. The molecule has 0 atom stereocenters. The first-order valence-electron chi connectivity index (χ1n) is 11.9. The minimum atomic E-state index is -0.499. The van der Waals surface area contributed by atoms with Crippen molar-refractivity contribution in [1.82, 2.24) is 5.43 Å². The minimum Gasteiger partial charge on any atom is -0.462 e. The number of unbranched alkanes of at least 4 members (excludes halogenated alkanes) is 10.